The highest BCUT2D eigenvalue weighted by molar-refractivity contribution is 5.83. The van der Waals surface area contributed by atoms with Crippen LogP contribution < -0.4 is 20.1 Å². The molecule has 2 aliphatic rings. The number of hydrogen-bond acceptors (Lipinski definition) is 7. The quantitative estimate of drug-likeness (QED) is 0.656. The van der Waals surface area contributed by atoms with Crippen LogP contribution >= 0.6 is 0 Å². The molecule has 7 nitrogen and oxygen atoms in total. The van der Waals surface area contributed by atoms with Gasteiger partial charge in [0.05, 0.1) is 5.52 Å². The van der Waals surface area contributed by atoms with Crippen LogP contribution in [0.25, 0.3) is 10.9 Å². The Morgan fingerprint density at radius 2 is 1.68 bits per heavy atom. The minimum Gasteiger partial charge on any atom is -0.486 e. The van der Waals surface area contributed by atoms with Crippen molar-refractivity contribution in [2.75, 3.05) is 44.3 Å². The molecule has 3 aromatic rings. The van der Waals surface area contributed by atoms with E-state index >= 15 is 0 Å². The molecule has 1 aromatic heterocycles. The fraction of sp³-hybridized carbons (Fsp3) is 0.375. The van der Waals surface area contributed by atoms with Gasteiger partial charge in [-0.15, -0.1) is 0 Å². The molecule has 5 rings (SSSR count). The Balaban J connectivity index is 1.22. The molecule has 3 heterocycles. The number of pyridine rings is 1. The summed E-state index contributed by atoms with van der Waals surface area (Å²) in [4.78, 5) is 9.01. The number of fused-ring (bicyclic) bond motifs is 2. The van der Waals surface area contributed by atoms with Crippen molar-refractivity contribution in [1.82, 2.24) is 9.88 Å². The van der Waals surface area contributed by atoms with Gasteiger partial charge in [-0.3, -0.25) is 9.88 Å². The highest BCUT2D eigenvalue weighted by atomic mass is 16.6. The summed E-state index contributed by atoms with van der Waals surface area (Å²) >= 11 is 0. The van der Waals surface area contributed by atoms with Gasteiger partial charge in [0.15, 0.2) is 11.5 Å². The summed E-state index contributed by atoms with van der Waals surface area (Å²) in [6, 6.07) is 16.0. The SMILES string of the molecule is NC(CC(O)N1CCN(c2ccccc2)CC1)c1cnc2cc3c(cc2c1)OCCO3. The highest BCUT2D eigenvalue weighted by Gasteiger charge is 2.24. The molecule has 1 saturated heterocycles. The fourth-order valence-electron chi connectivity index (χ4n) is 4.31. The lowest BCUT2D eigenvalue weighted by Crippen LogP contribution is -2.51. The zero-order valence-corrected chi connectivity index (χ0v) is 17.5. The van der Waals surface area contributed by atoms with E-state index in [4.69, 9.17) is 15.2 Å². The molecular formula is C24H28N4O3. The van der Waals surface area contributed by atoms with Gasteiger partial charge in [-0.05, 0) is 29.8 Å². The Kier molecular flexibility index (Phi) is 5.63. The van der Waals surface area contributed by atoms with E-state index in [1.54, 1.807) is 6.20 Å². The molecule has 0 bridgehead atoms. The zero-order chi connectivity index (χ0) is 21.2. The number of aromatic nitrogens is 1. The Labute approximate surface area is 182 Å². The summed E-state index contributed by atoms with van der Waals surface area (Å²) in [5.74, 6) is 1.47. The maximum Gasteiger partial charge on any atom is 0.163 e. The van der Waals surface area contributed by atoms with Gasteiger partial charge in [0.1, 0.15) is 19.4 Å². The number of nitrogens with zero attached hydrogens (tertiary/aromatic N) is 3. The number of para-hydroxylation sites is 1. The third-order valence-electron chi connectivity index (χ3n) is 6.12. The van der Waals surface area contributed by atoms with Crippen LogP contribution in [0.1, 0.15) is 18.0 Å². The van der Waals surface area contributed by atoms with E-state index in [9.17, 15) is 5.11 Å². The van der Waals surface area contributed by atoms with Gasteiger partial charge >= 0.3 is 0 Å². The van der Waals surface area contributed by atoms with Gasteiger partial charge in [0.25, 0.3) is 0 Å². The van der Waals surface area contributed by atoms with Gasteiger partial charge < -0.3 is 25.2 Å². The molecule has 3 N–H and O–H groups in total. The van der Waals surface area contributed by atoms with Crippen molar-refractivity contribution in [2.45, 2.75) is 18.7 Å². The molecule has 1 fully saturated rings. The molecule has 2 aliphatic heterocycles. The Morgan fingerprint density at radius 3 is 2.42 bits per heavy atom. The minimum atomic E-state index is -0.580. The normalized spacial score (nSPS) is 18.7. The van der Waals surface area contributed by atoms with E-state index in [0.717, 1.165) is 54.1 Å². The van der Waals surface area contributed by atoms with Gasteiger partial charge in [-0.1, -0.05) is 18.2 Å². The first-order chi connectivity index (χ1) is 15.2. The maximum absolute atomic E-state index is 10.8. The molecule has 2 atom stereocenters. The van der Waals surface area contributed by atoms with Crippen LogP contribution in [0.3, 0.4) is 0 Å². The molecule has 0 spiro atoms. The van der Waals surface area contributed by atoms with Crippen LogP contribution in [0.4, 0.5) is 5.69 Å². The van der Waals surface area contributed by atoms with Gasteiger partial charge in [0.2, 0.25) is 0 Å². The van der Waals surface area contributed by atoms with Crippen LogP contribution in [0.2, 0.25) is 0 Å². The summed E-state index contributed by atoms with van der Waals surface area (Å²) in [6.45, 7) is 4.50. The van der Waals surface area contributed by atoms with E-state index in [1.807, 2.05) is 24.3 Å². The number of nitrogens with two attached hydrogens (primary N) is 1. The van der Waals surface area contributed by atoms with E-state index in [2.05, 4.69) is 39.0 Å². The Bertz CT molecular complexity index is 1040. The van der Waals surface area contributed by atoms with Crippen LogP contribution in [0.5, 0.6) is 11.5 Å². The summed E-state index contributed by atoms with van der Waals surface area (Å²) in [6.07, 6.45) is 1.68. The van der Waals surface area contributed by atoms with Crippen molar-refractivity contribution < 1.29 is 14.6 Å². The molecule has 0 aliphatic carbocycles. The second kappa shape index (κ2) is 8.70. The molecule has 0 amide bonds. The Hall–Kier alpha value is -2.87. The van der Waals surface area contributed by atoms with Crippen molar-refractivity contribution >= 4 is 16.6 Å². The van der Waals surface area contributed by atoms with E-state index in [1.165, 1.54) is 5.69 Å². The predicted molar refractivity (Wildman–Crippen MR) is 121 cm³/mol. The monoisotopic (exact) mass is 420 g/mol. The number of hydrogen-bond donors (Lipinski definition) is 2. The van der Waals surface area contributed by atoms with Crippen molar-refractivity contribution in [2.24, 2.45) is 5.73 Å². The third-order valence-corrected chi connectivity index (χ3v) is 6.12. The van der Waals surface area contributed by atoms with Crippen molar-refractivity contribution in [3.63, 3.8) is 0 Å². The summed E-state index contributed by atoms with van der Waals surface area (Å²) in [5.41, 5.74) is 9.44. The number of aliphatic hydroxyl groups excluding tert-OH is 1. The lowest BCUT2D eigenvalue weighted by atomic mass is 10.0. The number of rotatable bonds is 5. The summed E-state index contributed by atoms with van der Waals surface area (Å²) in [5, 5.41) is 11.8. The van der Waals surface area contributed by atoms with Crippen molar-refractivity contribution in [3.05, 3.63) is 60.3 Å². The summed E-state index contributed by atoms with van der Waals surface area (Å²) in [7, 11) is 0. The fourth-order valence-corrected chi connectivity index (χ4v) is 4.31. The highest BCUT2D eigenvalue weighted by Crippen LogP contribution is 2.34. The number of aliphatic hydroxyl groups is 1. The second-order valence-electron chi connectivity index (χ2n) is 8.14. The standard InChI is InChI=1S/C24H28N4O3/c25-20(14-24(29)28-8-6-27(7-9-28)19-4-2-1-3-5-19)18-12-17-13-22-23(31-11-10-30-22)15-21(17)26-16-18/h1-5,12-13,15-16,20,24,29H,6-11,14,25H2. The molecular weight excluding hydrogens is 392 g/mol. The lowest BCUT2D eigenvalue weighted by molar-refractivity contribution is -0.0100. The second-order valence-corrected chi connectivity index (χ2v) is 8.14. The predicted octanol–water partition coefficient (Wildman–Crippen LogP) is 2.54. The van der Waals surface area contributed by atoms with Gasteiger partial charge in [0, 0.05) is 62.0 Å². The first kappa shape index (κ1) is 20.1. The number of piperazine rings is 1. The first-order valence-electron chi connectivity index (χ1n) is 10.8. The molecule has 0 radical (unpaired) electrons. The van der Waals surface area contributed by atoms with Crippen molar-refractivity contribution in [1.29, 1.82) is 0 Å². The largest absolute Gasteiger partial charge is 0.486 e. The van der Waals surface area contributed by atoms with E-state index < -0.39 is 6.23 Å². The number of ether oxygens (including phenoxy) is 2. The van der Waals surface area contributed by atoms with Gasteiger partial charge in [-0.25, -0.2) is 0 Å². The molecule has 2 aromatic carbocycles. The molecule has 7 heteroatoms. The van der Waals surface area contributed by atoms with Crippen LogP contribution in [-0.2, 0) is 0 Å². The number of anilines is 1. The minimum absolute atomic E-state index is 0.299. The average Bonchev–Trinajstić information content (AvgIpc) is 2.83. The van der Waals surface area contributed by atoms with Crippen LogP contribution in [-0.4, -0.2) is 60.6 Å². The summed E-state index contributed by atoms with van der Waals surface area (Å²) < 4.78 is 11.3. The third kappa shape index (κ3) is 4.30. The topological polar surface area (TPSA) is 84.1 Å². The van der Waals surface area contributed by atoms with E-state index in [0.29, 0.717) is 19.6 Å². The zero-order valence-electron chi connectivity index (χ0n) is 17.5. The molecule has 2 unspecified atom stereocenters. The van der Waals surface area contributed by atoms with E-state index in [-0.39, 0.29) is 6.04 Å². The average molecular weight is 421 g/mol. The smallest absolute Gasteiger partial charge is 0.163 e. The number of benzene rings is 2. The Morgan fingerprint density at radius 1 is 0.968 bits per heavy atom. The van der Waals surface area contributed by atoms with Crippen molar-refractivity contribution in [3.8, 4) is 11.5 Å². The molecule has 31 heavy (non-hydrogen) atoms. The molecule has 162 valence electrons. The maximum atomic E-state index is 10.8. The first-order valence-corrected chi connectivity index (χ1v) is 10.8. The molecule has 0 saturated carbocycles. The van der Waals surface area contributed by atoms with Crippen LogP contribution in [0, 0.1) is 0 Å². The lowest BCUT2D eigenvalue weighted by Gasteiger charge is -2.39. The van der Waals surface area contributed by atoms with Gasteiger partial charge in [-0.2, -0.15) is 0 Å². The van der Waals surface area contributed by atoms with Crippen LogP contribution in [0.15, 0.2) is 54.7 Å².